The molecule has 7 heteroatoms. The van der Waals surface area contributed by atoms with Crippen LogP contribution in [-0.2, 0) is 5.41 Å². The van der Waals surface area contributed by atoms with Crippen LogP contribution in [-0.4, -0.2) is 34.7 Å². The predicted octanol–water partition coefficient (Wildman–Crippen LogP) is 4.20. The lowest BCUT2D eigenvalue weighted by Crippen LogP contribution is -2.49. The molecule has 2 aromatic heterocycles. The summed E-state index contributed by atoms with van der Waals surface area (Å²) >= 11 is 0. The Labute approximate surface area is 162 Å². The van der Waals surface area contributed by atoms with Gasteiger partial charge in [-0.3, -0.25) is 4.98 Å². The Hall–Kier alpha value is -3.09. The zero-order chi connectivity index (χ0) is 19.6. The lowest BCUT2D eigenvalue weighted by molar-refractivity contribution is 0.0963. The molecule has 3 aromatic rings. The van der Waals surface area contributed by atoms with Crippen LogP contribution in [0.2, 0.25) is 0 Å². The first-order valence-corrected chi connectivity index (χ1v) is 9.20. The van der Waals surface area contributed by atoms with Crippen LogP contribution in [0.5, 0.6) is 0 Å². The highest BCUT2D eigenvalue weighted by Crippen LogP contribution is 2.45. The van der Waals surface area contributed by atoms with Crippen LogP contribution in [0.25, 0.3) is 11.1 Å². The second-order valence-corrected chi connectivity index (χ2v) is 7.05. The van der Waals surface area contributed by atoms with E-state index in [9.17, 15) is 8.78 Å². The summed E-state index contributed by atoms with van der Waals surface area (Å²) in [6.07, 6.45) is 2.79. The van der Waals surface area contributed by atoms with Crippen LogP contribution in [0.15, 0.2) is 54.9 Å². The summed E-state index contributed by atoms with van der Waals surface area (Å²) in [5, 5.41) is 6.24. The van der Waals surface area contributed by atoms with Gasteiger partial charge in [-0.25, -0.2) is 13.8 Å². The molecule has 2 N–H and O–H groups in total. The number of benzene rings is 1. The average Bonchev–Trinajstić information content (AvgIpc) is 2.71. The van der Waals surface area contributed by atoms with Gasteiger partial charge in [0.05, 0.1) is 5.69 Å². The highest BCUT2D eigenvalue weighted by Gasteiger charge is 2.48. The topological polar surface area (TPSA) is 62.7 Å². The largest absolute Gasteiger partial charge is 0.372 e. The average molecular weight is 381 g/mol. The Morgan fingerprint density at radius 2 is 1.89 bits per heavy atom. The molecule has 144 valence electrons. The summed E-state index contributed by atoms with van der Waals surface area (Å²) in [6, 6.07) is 12.7. The van der Waals surface area contributed by atoms with Gasteiger partial charge in [0.1, 0.15) is 17.8 Å². The molecule has 1 saturated carbocycles. The molecule has 0 unspecified atom stereocenters. The number of halogens is 2. The number of rotatable bonds is 6. The summed E-state index contributed by atoms with van der Waals surface area (Å²) in [5.74, 6) is 0.674. The summed E-state index contributed by atoms with van der Waals surface area (Å²) in [7, 11) is 1.79. The number of aromatic nitrogens is 3. The van der Waals surface area contributed by atoms with Gasteiger partial charge in [0, 0.05) is 37.0 Å². The molecule has 0 amide bonds. The lowest BCUT2D eigenvalue weighted by Gasteiger charge is -2.43. The van der Waals surface area contributed by atoms with E-state index in [4.69, 9.17) is 0 Å². The molecule has 2 heterocycles. The second kappa shape index (κ2) is 7.50. The molecule has 1 aliphatic rings. The van der Waals surface area contributed by atoms with Crippen LogP contribution in [0.3, 0.4) is 0 Å². The van der Waals surface area contributed by atoms with Gasteiger partial charge >= 0.3 is 0 Å². The fourth-order valence-corrected chi connectivity index (χ4v) is 3.72. The minimum absolute atomic E-state index is 0.231. The van der Waals surface area contributed by atoms with Gasteiger partial charge in [-0.1, -0.05) is 30.3 Å². The van der Waals surface area contributed by atoms with Gasteiger partial charge in [0.25, 0.3) is 0 Å². The number of nitrogens with one attached hydrogen (secondary N) is 2. The van der Waals surface area contributed by atoms with Crippen molar-refractivity contribution in [2.75, 3.05) is 24.2 Å². The number of anilines is 2. The van der Waals surface area contributed by atoms with Crippen molar-refractivity contribution in [2.45, 2.75) is 24.4 Å². The molecular formula is C21H21F2N5. The summed E-state index contributed by atoms with van der Waals surface area (Å²) in [6.45, 7) is 0.315. The standard InChI is InChI=1S/C21H21F2N5/c1-24-19-16(14-6-3-2-4-7-14)12-26-20(28-19)27-13-21(10-15(22)11-21)18-17(23)8-5-9-25-18/h2-9,12,15H,10-11,13H2,1H3,(H2,24,26,27,28)/t15-,21-. The first kappa shape index (κ1) is 18.3. The quantitative estimate of drug-likeness (QED) is 0.670. The zero-order valence-electron chi connectivity index (χ0n) is 15.5. The van der Waals surface area contributed by atoms with Crippen LogP contribution >= 0.6 is 0 Å². The van der Waals surface area contributed by atoms with Gasteiger partial charge in [0.2, 0.25) is 5.95 Å². The normalized spacial score (nSPS) is 21.0. The van der Waals surface area contributed by atoms with E-state index in [1.165, 1.54) is 18.3 Å². The third-order valence-electron chi connectivity index (χ3n) is 5.18. The highest BCUT2D eigenvalue weighted by atomic mass is 19.1. The highest BCUT2D eigenvalue weighted by molar-refractivity contribution is 5.75. The molecule has 28 heavy (non-hydrogen) atoms. The molecule has 1 fully saturated rings. The van der Waals surface area contributed by atoms with Gasteiger partial charge in [0.15, 0.2) is 0 Å². The number of nitrogens with zero attached hydrogens (tertiary/aromatic N) is 3. The molecule has 5 nitrogen and oxygen atoms in total. The third kappa shape index (κ3) is 3.40. The van der Waals surface area contributed by atoms with Gasteiger partial charge in [-0.05, 0) is 30.5 Å². The van der Waals surface area contributed by atoms with Crippen molar-refractivity contribution in [3.8, 4) is 11.1 Å². The molecule has 1 aliphatic carbocycles. The lowest BCUT2D eigenvalue weighted by atomic mass is 9.65. The molecule has 4 rings (SSSR count). The van der Waals surface area contributed by atoms with E-state index in [0.717, 1.165) is 11.1 Å². The van der Waals surface area contributed by atoms with Crippen molar-refractivity contribution in [2.24, 2.45) is 0 Å². The molecular weight excluding hydrogens is 360 g/mol. The van der Waals surface area contributed by atoms with E-state index in [1.54, 1.807) is 13.2 Å². The molecule has 0 atom stereocenters. The fraction of sp³-hybridized carbons (Fsp3) is 0.286. The first-order chi connectivity index (χ1) is 13.6. The van der Waals surface area contributed by atoms with Crippen molar-refractivity contribution in [3.05, 3.63) is 66.4 Å². The predicted molar refractivity (Wildman–Crippen MR) is 106 cm³/mol. The molecule has 1 aromatic carbocycles. The first-order valence-electron chi connectivity index (χ1n) is 9.20. The maximum absolute atomic E-state index is 14.3. The SMILES string of the molecule is CNc1nc(NC[C@]2(c3ncccc3F)C[C@H](F)C2)ncc1-c1ccccc1. The second-order valence-electron chi connectivity index (χ2n) is 7.05. The summed E-state index contributed by atoms with van der Waals surface area (Å²) in [4.78, 5) is 13.1. The molecule has 0 radical (unpaired) electrons. The number of alkyl halides is 1. The Bertz CT molecular complexity index is 958. The number of hydrogen-bond acceptors (Lipinski definition) is 5. The van der Waals surface area contributed by atoms with Crippen LogP contribution < -0.4 is 10.6 Å². The van der Waals surface area contributed by atoms with Crippen molar-refractivity contribution in [1.29, 1.82) is 0 Å². The monoisotopic (exact) mass is 381 g/mol. The number of pyridine rings is 1. The van der Waals surface area contributed by atoms with Crippen molar-refractivity contribution in [3.63, 3.8) is 0 Å². The van der Waals surface area contributed by atoms with Crippen LogP contribution in [0.1, 0.15) is 18.5 Å². The van der Waals surface area contributed by atoms with E-state index in [1.807, 2.05) is 30.3 Å². The molecule has 0 aliphatic heterocycles. The van der Waals surface area contributed by atoms with E-state index < -0.39 is 17.4 Å². The van der Waals surface area contributed by atoms with Gasteiger partial charge in [-0.2, -0.15) is 4.98 Å². The van der Waals surface area contributed by atoms with Crippen LogP contribution in [0, 0.1) is 5.82 Å². The Balaban J connectivity index is 1.56. The Morgan fingerprint density at radius 1 is 1.11 bits per heavy atom. The van der Waals surface area contributed by atoms with Gasteiger partial charge < -0.3 is 10.6 Å². The Kier molecular flexibility index (Phi) is 4.90. The molecule has 0 bridgehead atoms. The summed E-state index contributed by atoms with van der Waals surface area (Å²) < 4.78 is 28.0. The minimum atomic E-state index is -0.947. The summed E-state index contributed by atoms with van der Waals surface area (Å²) in [5.41, 5.74) is 1.49. The fourth-order valence-electron chi connectivity index (χ4n) is 3.72. The molecule has 0 spiro atoms. The third-order valence-corrected chi connectivity index (χ3v) is 5.18. The van der Waals surface area contributed by atoms with Crippen molar-refractivity contribution < 1.29 is 8.78 Å². The maximum atomic E-state index is 14.3. The smallest absolute Gasteiger partial charge is 0.224 e. The van der Waals surface area contributed by atoms with Crippen molar-refractivity contribution in [1.82, 2.24) is 15.0 Å². The van der Waals surface area contributed by atoms with E-state index in [-0.39, 0.29) is 12.8 Å². The van der Waals surface area contributed by atoms with Crippen LogP contribution in [0.4, 0.5) is 20.5 Å². The van der Waals surface area contributed by atoms with Gasteiger partial charge in [-0.15, -0.1) is 0 Å². The molecule has 0 saturated heterocycles. The minimum Gasteiger partial charge on any atom is -0.372 e. The Morgan fingerprint density at radius 3 is 2.57 bits per heavy atom. The maximum Gasteiger partial charge on any atom is 0.224 e. The van der Waals surface area contributed by atoms with E-state index in [0.29, 0.717) is 24.0 Å². The van der Waals surface area contributed by atoms with E-state index in [2.05, 4.69) is 25.6 Å². The number of hydrogen-bond donors (Lipinski definition) is 2. The van der Waals surface area contributed by atoms with E-state index >= 15 is 0 Å². The zero-order valence-corrected chi connectivity index (χ0v) is 15.5. The van der Waals surface area contributed by atoms with Crippen molar-refractivity contribution >= 4 is 11.8 Å².